The molecule has 7 heteroatoms. The van der Waals surface area contributed by atoms with Gasteiger partial charge in [-0.3, -0.25) is 5.01 Å². The molecule has 5 nitrogen and oxygen atoms in total. The van der Waals surface area contributed by atoms with E-state index in [4.69, 9.17) is 11.6 Å². The normalized spacial score (nSPS) is 11.7. The third-order valence-corrected chi connectivity index (χ3v) is 3.49. The largest absolute Gasteiger partial charge is 0.388 e. The fourth-order valence-corrected chi connectivity index (χ4v) is 1.70. The van der Waals surface area contributed by atoms with Crippen LogP contribution in [-0.2, 0) is 9.84 Å². The first-order valence-electron chi connectivity index (χ1n) is 6.11. The summed E-state index contributed by atoms with van der Waals surface area (Å²) < 4.78 is 36.0. The summed E-state index contributed by atoms with van der Waals surface area (Å²) >= 11 is 0. The van der Waals surface area contributed by atoms with Crippen molar-refractivity contribution in [2.24, 2.45) is 11.6 Å². The molecular weight excluding hydrogens is 281 g/mol. The van der Waals surface area contributed by atoms with Crippen LogP contribution in [-0.4, -0.2) is 14.7 Å². The van der Waals surface area contributed by atoms with Gasteiger partial charge in [0.05, 0.1) is 11.9 Å². The van der Waals surface area contributed by atoms with Crippen molar-refractivity contribution in [3.05, 3.63) is 40.3 Å². The Balaban J connectivity index is 0.00000172. The predicted molar refractivity (Wildman–Crippen MR) is 81.0 cm³/mol. The molecule has 0 aliphatic carbocycles. The molecule has 0 fully saturated rings. The fraction of sp³-hybridized carbons (Fsp3) is 0.385. The summed E-state index contributed by atoms with van der Waals surface area (Å²) in [7, 11) is -3.51. The lowest BCUT2D eigenvalue weighted by molar-refractivity contribution is 0.606. The molecule has 0 unspecified atom stereocenters. The molecular formula is C13H22FN3O2S. The molecule has 0 aliphatic rings. The van der Waals surface area contributed by atoms with Crippen LogP contribution in [0.15, 0.2) is 23.4 Å². The Morgan fingerprint density at radius 2 is 1.80 bits per heavy atom. The molecule has 1 aromatic carbocycles. The van der Waals surface area contributed by atoms with Gasteiger partial charge in [-0.25, -0.2) is 18.7 Å². The van der Waals surface area contributed by atoms with Crippen LogP contribution in [0.5, 0.6) is 0 Å². The van der Waals surface area contributed by atoms with Crippen LogP contribution < -0.4 is 16.6 Å². The number of sulfone groups is 1. The summed E-state index contributed by atoms with van der Waals surface area (Å²) in [6.07, 6.45) is 2.02. The summed E-state index contributed by atoms with van der Waals surface area (Å²) in [5.74, 6) is 5.28. The van der Waals surface area contributed by atoms with Gasteiger partial charge in [0, 0.05) is 11.8 Å². The topological polar surface area (TPSA) is 89.4 Å². The van der Waals surface area contributed by atoms with Crippen LogP contribution in [0.1, 0.15) is 25.0 Å². The Bertz CT molecular complexity index is 598. The molecule has 0 atom stereocenters. The van der Waals surface area contributed by atoms with Gasteiger partial charge in [0.25, 0.3) is 0 Å². The van der Waals surface area contributed by atoms with Gasteiger partial charge >= 0.3 is 0 Å². The molecule has 0 radical (unpaired) electrons. The molecule has 4 N–H and O–H groups in total. The summed E-state index contributed by atoms with van der Waals surface area (Å²) in [6, 6.07) is 3.15. The number of hydrogen-bond donors (Lipinski definition) is 2. The Morgan fingerprint density at radius 3 is 2.25 bits per heavy atom. The Kier molecular flexibility index (Phi) is 6.67. The first-order valence-corrected chi connectivity index (χ1v) is 8.00. The zero-order valence-corrected chi connectivity index (χ0v) is 13.3. The fourth-order valence-electron chi connectivity index (χ4n) is 1.39. The maximum absolute atomic E-state index is 13.7. The molecule has 0 aliphatic heterocycles. The highest BCUT2D eigenvalue weighted by Crippen LogP contribution is 2.23. The van der Waals surface area contributed by atoms with Gasteiger partial charge in [0.15, 0.2) is 9.84 Å². The lowest BCUT2D eigenvalue weighted by Crippen LogP contribution is -2.28. The van der Waals surface area contributed by atoms with Gasteiger partial charge in [-0.1, -0.05) is 19.9 Å². The van der Waals surface area contributed by atoms with Crippen LogP contribution in [0, 0.1) is 19.7 Å². The summed E-state index contributed by atoms with van der Waals surface area (Å²) in [5.41, 5.74) is 6.54. The first-order chi connectivity index (χ1) is 9.14. The molecule has 0 saturated carbocycles. The molecule has 0 saturated heterocycles. The number of benzene rings is 1. The van der Waals surface area contributed by atoms with Gasteiger partial charge in [-0.05, 0) is 25.5 Å². The van der Waals surface area contributed by atoms with Crippen molar-refractivity contribution < 1.29 is 12.8 Å². The zero-order valence-electron chi connectivity index (χ0n) is 12.4. The van der Waals surface area contributed by atoms with Gasteiger partial charge in [0.2, 0.25) is 0 Å². The van der Waals surface area contributed by atoms with Crippen LogP contribution in [0.25, 0.3) is 0 Å². The SMILES string of the molecule is CC.Cc1ccc(N(N)/C=C(\N)S(C)(=O)=O)c(C)c1F. The third kappa shape index (κ3) is 4.50. The zero-order chi connectivity index (χ0) is 16.1. The number of nitrogens with zero attached hydrogens (tertiary/aromatic N) is 1. The highest BCUT2D eigenvalue weighted by atomic mass is 32.2. The maximum Gasteiger partial charge on any atom is 0.191 e. The average molecular weight is 303 g/mol. The van der Waals surface area contributed by atoms with Crippen molar-refractivity contribution in [2.75, 3.05) is 11.3 Å². The Hall–Kier alpha value is -1.60. The van der Waals surface area contributed by atoms with Crippen molar-refractivity contribution in [2.45, 2.75) is 27.7 Å². The lowest BCUT2D eigenvalue weighted by Gasteiger charge is -2.18. The van der Waals surface area contributed by atoms with Gasteiger partial charge in [-0.2, -0.15) is 0 Å². The van der Waals surface area contributed by atoms with Gasteiger partial charge in [0.1, 0.15) is 10.8 Å². The highest BCUT2D eigenvalue weighted by Gasteiger charge is 2.12. The average Bonchev–Trinajstić information content (AvgIpc) is 2.37. The van der Waals surface area contributed by atoms with E-state index < -0.39 is 9.84 Å². The van der Waals surface area contributed by atoms with E-state index in [2.05, 4.69) is 0 Å². The molecule has 1 rings (SSSR count). The van der Waals surface area contributed by atoms with Crippen molar-refractivity contribution >= 4 is 15.5 Å². The second-order valence-electron chi connectivity index (χ2n) is 4.05. The quantitative estimate of drug-likeness (QED) is 0.658. The third-order valence-electron chi connectivity index (χ3n) is 2.52. The molecule has 0 spiro atoms. The van der Waals surface area contributed by atoms with E-state index in [0.717, 1.165) is 17.5 Å². The maximum atomic E-state index is 13.7. The number of nitrogens with two attached hydrogens (primary N) is 2. The molecule has 0 aromatic heterocycles. The smallest absolute Gasteiger partial charge is 0.191 e. The van der Waals surface area contributed by atoms with E-state index >= 15 is 0 Å². The van der Waals surface area contributed by atoms with Crippen LogP contribution in [0.3, 0.4) is 0 Å². The molecule has 114 valence electrons. The van der Waals surface area contributed by atoms with E-state index in [-0.39, 0.29) is 10.8 Å². The molecule has 20 heavy (non-hydrogen) atoms. The number of rotatable bonds is 3. The van der Waals surface area contributed by atoms with Crippen LogP contribution >= 0.6 is 0 Å². The van der Waals surface area contributed by atoms with Crippen LogP contribution in [0.2, 0.25) is 0 Å². The van der Waals surface area contributed by atoms with Crippen molar-refractivity contribution in [3.63, 3.8) is 0 Å². The number of hydrogen-bond acceptors (Lipinski definition) is 5. The summed E-state index contributed by atoms with van der Waals surface area (Å²) in [4.78, 5) is 0. The van der Waals surface area contributed by atoms with E-state index in [9.17, 15) is 12.8 Å². The minimum absolute atomic E-state index is 0.329. The number of halogens is 1. The van der Waals surface area contributed by atoms with Crippen molar-refractivity contribution in [1.82, 2.24) is 0 Å². The Labute approximate surface area is 120 Å². The first kappa shape index (κ1) is 18.4. The number of aryl methyl sites for hydroxylation is 1. The minimum Gasteiger partial charge on any atom is -0.388 e. The molecule has 0 amide bonds. The van der Waals surface area contributed by atoms with E-state index in [1.807, 2.05) is 13.8 Å². The number of anilines is 1. The molecule has 0 heterocycles. The number of hydrazine groups is 1. The van der Waals surface area contributed by atoms with Crippen molar-refractivity contribution in [3.8, 4) is 0 Å². The second kappa shape index (κ2) is 7.25. The second-order valence-corrected chi connectivity index (χ2v) is 6.07. The standard InChI is InChI=1S/C11H16FN3O2S.C2H6/c1-7-4-5-9(8(2)11(7)12)15(14)6-10(13)18(3,16)17;1-2/h4-6H,13-14H2,1-3H3;1-2H3/b10-6+;. The molecule has 0 bridgehead atoms. The lowest BCUT2D eigenvalue weighted by atomic mass is 10.1. The van der Waals surface area contributed by atoms with Crippen LogP contribution in [0.4, 0.5) is 10.1 Å². The minimum atomic E-state index is -3.51. The van der Waals surface area contributed by atoms with Crippen molar-refractivity contribution in [1.29, 1.82) is 0 Å². The van der Waals surface area contributed by atoms with E-state index in [0.29, 0.717) is 16.8 Å². The predicted octanol–water partition coefficient (Wildman–Crippen LogP) is 1.95. The van der Waals surface area contributed by atoms with E-state index in [1.165, 1.54) is 0 Å². The van der Waals surface area contributed by atoms with Gasteiger partial charge < -0.3 is 5.73 Å². The Morgan fingerprint density at radius 1 is 1.30 bits per heavy atom. The summed E-state index contributed by atoms with van der Waals surface area (Å²) in [6.45, 7) is 7.19. The highest BCUT2D eigenvalue weighted by molar-refractivity contribution is 7.94. The summed E-state index contributed by atoms with van der Waals surface area (Å²) in [5, 5.41) is 0.610. The van der Waals surface area contributed by atoms with Gasteiger partial charge in [-0.15, -0.1) is 0 Å². The van der Waals surface area contributed by atoms with E-state index in [1.54, 1.807) is 26.0 Å². The molecule has 1 aromatic rings. The monoisotopic (exact) mass is 303 g/mol.